The summed E-state index contributed by atoms with van der Waals surface area (Å²) in [6.45, 7) is 0.0264. The molecule has 0 spiro atoms. The number of alkyl halides is 1. The van der Waals surface area contributed by atoms with Crippen molar-refractivity contribution in [3.05, 3.63) is 47.2 Å². The number of β-amino-alcohol motifs (C(OH)–C–C–N with tert-alkyl or cyclic N) is 1. The maximum absolute atomic E-state index is 13.3. The first-order valence-corrected chi connectivity index (χ1v) is 9.59. The Morgan fingerprint density at radius 3 is 2.68 bits per heavy atom. The number of hydrogen-bond donors (Lipinski definition) is 1. The van der Waals surface area contributed by atoms with Gasteiger partial charge in [0.2, 0.25) is 0 Å². The van der Waals surface area contributed by atoms with Crippen molar-refractivity contribution in [3.8, 4) is 0 Å². The van der Waals surface area contributed by atoms with E-state index in [1.807, 2.05) is 30.3 Å². The highest BCUT2D eigenvalue weighted by Crippen LogP contribution is 2.47. The number of ketones is 1. The monoisotopic (exact) mass is 405 g/mol. The topological polar surface area (TPSA) is 66.8 Å². The van der Waals surface area contributed by atoms with Crippen LogP contribution in [0.5, 0.6) is 0 Å². The summed E-state index contributed by atoms with van der Waals surface area (Å²) < 4.78 is 6.04. The quantitative estimate of drug-likeness (QED) is 0.783. The Balaban J connectivity index is 1.78. The number of Topliss-reactive ketones (excluding diaryl/α,β-unsaturated/α-hetero) is 1. The van der Waals surface area contributed by atoms with Gasteiger partial charge in [-0.25, -0.2) is 0 Å². The minimum atomic E-state index is -0.472. The molecule has 6 heteroatoms. The predicted octanol–water partition coefficient (Wildman–Crippen LogP) is 2.35. The molecule has 25 heavy (non-hydrogen) atoms. The van der Waals surface area contributed by atoms with Gasteiger partial charge in [-0.2, -0.15) is 0 Å². The van der Waals surface area contributed by atoms with Crippen molar-refractivity contribution in [1.82, 2.24) is 4.90 Å². The number of fused-ring (bicyclic) bond motifs is 1. The van der Waals surface area contributed by atoms with Gasteiger partial charge >= 0.3 is 0 Å². The summed E-state index contributed by atoms with van der Waals surface area (Å²) in [4.78, 5) is 28.0. The van der Waals surface area contributed by atoms with Gasteiger partial charge in [-0.1, -0.05) is 46.3 Å². The summed E-state index contributed by atoms with van der Waals surface area (Å²) in [6.07, 6.45) is 2.23. The molecule has 1 aromatic carbocycles. The number of nitrogens with zero attached hydrogens (tertiary/aromatic N) is 1. The zero-order valence-corrected chi connectivity index (χ0v) is 15.3. The van der Waals surface area contributed by atoms with Crippen molar-refractivity contribution in [2.45, 2.75) is 36.2 Å². The molecule has 4 rings (SSSR count). The van der Waals surface area contributed by atoms with Crippen molar-refractivity contribution in [2.75, 3.05) is 13.2 Å². The van der Waals surface area contributed by atoms with Crippen molar-refractivity contribution >= 4 is 27.6 Å². The second-order valence-electron chi connectivity index (χ2n) is 6.82. The summed E-state index contributed by atoms with van der Waals surface area (Å²) in [6, 6.07) is 9.03. The molecule has 4 unspecified atom stereocenters. The van der Waals surface area contributed by atoms with Crippen LogP contribution in [0.4, 0.5) is 0 Å². The molecular weight excluding hydrogens is 386 g/mol. The van der Waals surface area contributed by atoms with Gasteiger partial charge in [0.1, 0.15) is 6.10 Å². The van der Waals surface area contributed by atoms with Gasteiger partial charge in [0.05, 0.1) is 24.1 Å². The molecule has 1 aliphatic carbocycles. The lowest BCUT2D eigenvalue weighted by Crippen LogP contribution is -2.41. The lowest BCUT2D eigenvalue weighted by Gasteiger charge is -2.37. The van der Waals surface area contributed by atoms with Crippen molar-refractivity contribution < 1.29 is 19.4 Å². The van der Waals surface area contributed by atoms with E-state index in [1.54, 1.807) is 4.90 Å². The zero-order chi connectivity index (χ0) is 17.6. The van der Waals surface area contributed by atoms with E-state index in [0.29, 0.717) is 10.4 Å². The molecule has 1 fully saturated rings. The van der Waals surface area contributed by atoms with Gasteiger partial charge in [-0.05, 0) is 24.8 Å². The molecule has 3 aliphatic rings. The van der Waals surface area contributed by atoms with Crippen molar-refractivity contribution in [3.63, 3.8) is 0 Å². The van der Waals surface area contributed by atoms with Crippen LogP contribution in [0.2, 0.25) is 0 Å². The Morgan fingerprint density at radius 2 is 1.96 bits per heavy atom. The molecule has 2 aliphatic heterocycles. The van der Waals surface area contributed by atoms with Crippen molar-refractivity contribution in [2.24, 2.45) is 5.92 Å². The second-order valence-corrected chi connectivity index (χ2v) is 8.11. The Bertz CT molecular complexity index is 732. The summed E-state index contributed by atoms with van der Waals surface area (Å²) >= 11 is 3.62. The van der Waals surface area contributed by atoms with Gasteiger partial charge in [-0.15, -0.1) is 0 Å². The van der Waals surface area contributed by atoms with E-state index >= 15 is 0 Å². The SMILES string of the molecule is O=C1C2=C(OC3CCC(Br)CC13)C(=O)N(CCO)C2c1ccccc1. The fourth-order valence-corrected chi connectivity index (χ4v) is 4.85. The van der Waals surface area contributed by atoms with Gasteiger partial charge in [0.15, 0.2) is 11.5 Å². The lowest BCUT2D eigenvalue weighted by molar-refractivity contribution is -0.135. The van der Waals surface area contributed by atoms with Gasteiger partial charge in [-0.3, -0.25) is 9.59 Å². The number of carbonyl (C=O) groups excluding carboxylic acids is 2. The van der Waals surface area contributed by atoms with Crippen LogP contribution in [0.1, 0.15) is 30.9 Å². The number of aliphatic hydroxyl groups excluding tert-OH is 1. The number of amides is 1. The first kappa shape index (κ1) is 16.8. The van der Waals surface area contributed by atoms with Crippen LogP contribution < -0.4 is 0 Å². The molecule has 0 bridgehead atoms. The fraction of sp³-hybridized carbons (Fsp3) is 0.474. The van der Waals surface area contributed by atoms with E-state index in [1.165, 1.54) is 0 Å². The van der Waals surface area contributed by atoms with Crippen LogP contribution >= 0.6 is 15.9 Å². The molecule has 4 atom stereocenters. The summed E-state index contributed by atoms with van der Waals surface area (Å²) in [5.74, 6) is -0.268. The number of aliphatic hydroxyl groups is 1. The molecule has 2 heterocycles. The van der Waals surface area contributed by atoms with Crippen LogP contribution in [0.3, 0.4) is 0 Å². The van der Waals surface area contributed by atoms with Gasteiger partial charge in [0.25, 0.3) is 5.91 Å². The van der Waals surface area contributed by atoms with Crippen LogP contribution in [0.15, 0.2) is 41.7 Å². The van der Waals surface area contributed by atoms with E-state index in [9.17, 15) is 14.7 Å². The van der Waals surface area contributed by atoms with Crippen LogP contribution in [-0.2, 0) is 14.3 Å². The first-order chi connectivity index (χ1) is 12.1. The molecule has 0 saturated heterocycles. The minimum Gasteiger partial charge on any atom is -0.483 e. The van der Waals surface area contributed by atoms with E-state index < -0.39 is 6.04 Å². The third kappa shape index (κ3) is 2.72. The third-order valence-corrected chi connectivity index (χ3v) is 6.17. The molecule has 1 amide bonds. The number of carbonyl (C=O) groups is 2. The molecule has 1 saturated carbocycles. The standard InChI is InChI=1S/C19H20BrNO4/c20-12-6-7-14-13(10-12)17(23)15-16(11-4-2-1-3-5-11)21(8-9-22)19(24)18(15)25-14/h1-5,12-14,16,22H,6-10H2. The molecular formula is C19H20BrNO4. The maximum atomic E-state index is 13.3. The number of hydrogen-bond acceptors (Lipinski definition) is 4. The highest BCUT2D eigenvalue weighted by Gasteiger charge is 2.52. The van der Waals surface area contributed by atoms with Crippen LogP contribution in [-0.4, -0.2) is 45.8 Å². The Labute approximate surface area is 154 Å². The normalized spacial score (nSPS) is 31.7. The number of benzene rings is 1. The van der Waals surface area contributed by atoms with E-state index in [0.717, 1.165) is 24.8 Å². The highest BCUT2D eigenvalue weighted by atomic mass is 79.9. The average Bonchev–Trinajstić information content (AvgIpc) is 2.90. The maximum Gasteiger partial charge on any atom is 0.290 e. The number of rotatable bonds is 3. The largest absolute Gasteiger partial charge is 0.483 e. The molecule has 0 radical (unpaired) electrons. The highest BCUT2D eigenvalue weighted by molar-refractivity contribution is 9.09. The summed E-state index contributed by atoms with van der Waals surface area (Å²) in [5.41, 5.74) is 1.34. The zero-order valence-electron chi connectivity index (χ0n) is 13.7. The average molecular weight is 406 g/mol. The third-order valence-electron chi connectivity index (χ3n) is 5.34. The van der Waals surface area contributed by atoms with E-state index in [4.69, 9.17) is 4.74 Å². The van der Waals surface area contributed by atoms with Crippen molar-refractivity contribution in [1.29, 1.82) is 0 Å². The van der Waals surface area contributed by atoms with E-state index in [2.05, 4.69) is 15.9 Å². The second kappa shape index (κ2) is 6.57. The molecule has 132 valence electrons. The molecule has 0 aromatic heterocycles. The fourth-order valence-electron chi connectivity index (χ4n) is 4.18. The smallest absolute Gasteiger partial charge is 0.290 e. The molecule has 1 aromatic rings. The number of halogens is 1. The Hall–Kier alpha value is -1.66. The predicted molar refractivity (Wildman–Crippen MR) is 94.9 cm³/mol. The van der Waals surface area contributed by atoms with E-state index in [-0.39, 0.29) is 42.6 Å². The van der Waals surface area contributed by atoms with Crippen LogP contribution in [0, 0.1) is 5.92 Å². The van der Waals surface area contributed by atoms with Gasteiger partial charge in [0, 0.05) is 11.4 Å². The summed E-state index contributed by atoms with van der Waals surface area (Å²) in [7, 11) is 0. The molecule has 1 N–H and O–H groups in total. The first-order valence-electron chi connectivity index (χ1n) is 8.67. The Kier molecular flexibility index (Phi) is 4.41. The van der Waals surface area contributed by atoms with Crippen LogP contribution in [0.25, 0.3) is 0 Å². The molecule has 5 nitrogen and oxygen atoms in total. The number of ether oxygens (including phenoxy) is 1. The Morgan fingerprint density at radius 1 is 1.20 bits per heavy atom. The lowest BCUT2D eigenvalue weighted by atomic mass is 9.77. The summed E-state index contributed by atoms with van der Waals surface area (Å²) in [5, 5.41) is 9.41. The minimum absolute atomic E-state index is 0.0260. The van der Waals surface area contributed by atoms with Gasteiger partial charge < -0.3 is 14.7 Å².